The van der Waals surface area contributed by atoms with Crippen LogP contribution in [0.25, 0.3) is 0 Å². The topological polar surface area (TPSA) is 171 Å². The van der Waals surface area contributed by atoms with Gasteiger partial charge in [-0.3, -0.25) is 29.5 Å². The first kappa shape index (κ1) is 22.9. The Hall–Kier alpha value is -4.27. The third-order valence-electron chi connectivity index (χ3n) is 6.13. The van der Waals surface area contributed by atoms with Crippen LogP contribution in [0.15, 0.2) is 29.1 Å². The van der Waals surface area contributed by atoms with E-state index in [4.69, 9.17) is 4.74 Å². The molecule has 2 unspecified atom stereocenters. The van der Waals surface area contributed by atoms with E-state index < -0.39 is 28.2 Å². The fourth-order valence-electron chi connectivity index (χ4n) is 4.40. The highest BCUT2D eigenvalue weighted by molar-refractivity contribution is 5.98. The van der Waals surface area contributed by atoms with E-state index in [2.05, 4.69) is 15.3 Å². The number of amides is 1. The quantitative estimate of drug-likeness (QED) is 0.378. The van der Waals surface area contributed by atoms with Gasteiger partial charge in [-0.25, -0.2) is 0 Å². The number of carbonyl (C=O) groups excluding carboxylic acids is 2. The van der Waals surface area contributed by atoms with Crippen LogP contribution in [-0.2, 0) is 14.3 Å². The molecule has 1 fully saturated rings. The van der Waals surface area contributed by atoms with E-state index in [9.17, 15) is 29.8 Å². The molecule has 1 aromatic carbocycles. The number of aromatic amines is 1. The average Bonchev–Trinajstić information content (AvgIpc) is 2.83. The molecular weight excluding hydrogens is 444 g/mol. The highest BCUT2D eigenvalue weighted by atomic mass is 16.6. The number of hydrogen-bond donors (Lipinski definition) is 2. The molecular formula is C22H22N6O6. The number of anilines is 2. The van der Waals surface area contributed by atoms with Gasteiger partial charge in [-0.1, -0.05) is 12.1 Å². The van der Waals surface area contributed by atoms with Gasteiger partial charge in [-0.2, -0.15) is 10.2 Å². The van der Waals surface area contributed by atoms with Crippen molar-refractivity contribution in [3.8, 4) is 6.07 Å². The van der Waals surface area contributed by atoms with Crippen molar-refractivity contribution < 1.29 is 19.2 Å². The Morgan fingerprint density at radius 1 is 1.29 bits per heavy atom. The zero-order valence-corrected chi connectivity index (χ0v) is 18.3. The summed E-state index contributed by atoms with van der Waals surface area (Å²) in [4.78, 5) is 57.2. The molecule has 176 valence electrons. The number of nitrogens with zero attached hydrogens (tertiary/aromatic N) is 4. The van der Waals surface area contributed by atoms with Crippen LogP contribution in [-0.4, -0.2) is 46.5 Å². The molecule has 2 N–H and O–H groups in total. The molecule has 4 rings (SSSR count). The monoisotopic (exact) mass is 466 g/mol. The number of nitriles is 1. The molecule has 12 nitrogen and oxygen atoms in total. The van der Waals surface area contributed by atoms with Crippen molar-refractivity contribution >= 4 is 29.3 Å². The summed E-state index contributed by atoms with van der Waals surface area (Å²) in [6.45, 7) is 3.00. The van der Waals surface area contributed by atoms with Gasteiger partial charge in [0.2, 0.25) is 11.9 Å². The zero-order chi connectivity index (χ0) is 24.4. The normalized spacial score (nSPS) is 20.1. The van der Waals surface area contributed by atoms with Gasteiger partial charge in [0.25, 0.3) is 11.2 Å². The molecule has 0 saturated carbocycles. The molecule has 1 aromatic heterocycles. The van der Waals surface area contributed by atoms with E-state index in [1.54, 1.807) is 6.92 Å². The van der Waals surface area contributed by atoms with Crippen molar-refractivity contribution in [3.63, 3.8) is 0 Å². The SMILES string of the molecule is CCOC(=O)C1CCN(c2nc3c(c(=O)[nH]2)C(c2ccc([N+](=O)[O-])cc2)C(C#N)C(=O)N3)CC1. The zero-order valence-electron chi connectivity index (χ0n) is 18.3. The van der Waals surface area contributed by atoms with Crippen molar-refractivity contribution in [1.29, 1.82) is 5.26 Å². The molecule has 34 heavy (non-hydrogen) atoms. The van der Waals surface area contributed by atoms with Gasteiger partial charge in [0.05, 0.1) is 29.1 Å². The second-order valence-electron chi connectivity index (χ2n) is 8.09. The number of aromatic nitrogens is 2. The number of fused-ring (bicyclic) bond motifs is 1. The number of nitrogens with one attached hydrogen (secondary N) is 2. The van der Waals surface area contributed by atoms with Crippen LogP contribution >= 0.6 is 0 Å². The molecule has 2 atom stereocenters. The second-order valence-corrected chi connectivity index (χ2v) is 8.09. The van der Waals surface area contributed by atoms with E-state index in [0.717, 1.165) is 0 Å². The van der Waals surface area contributed by atoms with Gasteiger partial charge in [-0.05, 0) is 25.3 Å². The van der Waals surface area contributed by atoms with E-state index in [1.807, 2.05) is 11.0 Å². The first-order chi connectivity index (χ1) is 16.3. The Morgan fingerprint density at radius 3 is 2.56 bits per heavy atom. The number of benzene rings is 1. The van der Waals surface area contributed by atoms with Crippen LogP contribution in [0.2, 0.25) is 0 Å². The molecule has 1 saturated heterocycles. The molecule has 2 aliphatic rings. The maximum atomic E-state index is 13.1. The lowest BCUT2D eigenvalue weighted by atomic mass is 9.79. The standard InChI is InChI=1S/C22H22N6O6/c1-2-34-21(31)13-7-9-27(10-8-13)22-25-18-17(20(30)26-22)16(15(11-23)19(29)24-18)12-3-5-14(6-4-12)28(32)33/h3-6,13,15-16H,2,7-10H2,1H3,(H2,24,25,26,29,30). The summed E-state index contributed by atoms with van der Waals surface area (Å²) in [5.74, 6) is -2.91. The number of rotatable bonds is 5. The summed E-state index contributed by atoms with van der Waals surface area (Å²) < 4.78 is 5.08. The lowest BCUT2D eigenvalue weighted by Gasteiger charge is -2.33. The Morgan fingerprint density at radius 2 is 1.97 bits per heavy atom. The number of hydrogen-bond acceptors (Lipinski definition) is 9. The number of carbonyl (C=O) groups is 2. The second kappa shape index (κ2) is 9.30. The van der Waals surface area contributed by atoms with Crippen molar-refractivity contribution in [2.75, 3.05) is 29.9 Å². The number of non-ortho nitro benzene ring substituents is 1. The highest BCUT2D eigenvalue weighted by Crippen LogP contribution is 2.38. The smallest absolute Gasteiger partial charge is 0.309 e. The number of nitro benzene ring substituents is 1. The summed E-state index contributed by atoms with van der Waals surface area (Å²) >= 11 is 0. The fourth-order valence-corrected chi connectivity index (χ4v) is 4.40. The van der Waals surface area contributed by atoms with E-state index in [1.165, 1.54) is 24.3 Å². The number of nitro groups is 1. The van der Waals surface area contributed by atoms with Crippen LogP contribution < -0.4 is 15.8 Å². The molecule has 0 bridgehead atoms. The summed E-state index contributed by atoms with van der Waals surface area (Å²) in [6, 6.07) is 7.32. The van der Waals surface area contributed by atoms with Crippen LogP contribution in [0.1, 0.15) is 36.8 Å². The van der Waals surface area contributed by atoms with Crippen LogP contribution in [0.4, 0.5) is 17.5 Å². The molecule has 0 radical (unpaired) electrons. The maximum Gasteiger partial charge on any atom is 0.309 e. The number of H-pyrrole nitrogens is 1. The Labute approximate surface area is 193 Å². The number of esters is 1. The van der Waals surface area contributed by atoms with Crippen LogP contribution in [0.5, 0.6) is 0 Å². The van der Waals surface area contributed by atoms with Gasteiger partial charge in [0.1, 0.15) is 11.7 Å². The molecule has 1 amide bonds. The van der Waals surface area contributed by atoms with Crippen molar-refractivity contribution in [2.24, 2.45) is 11.8 Å². The summed E-state index contributed by atoms with van der Waals surface area (Å²) in [7, 11) is 0. The lowest BCUT2D eigenvalue weighted by molar-refractivity contribution is -0.384. The summed E-state index contributed by atoms with van der Waals surface area (Å²) in [5, 5.41) is 23.2. The Balaban J connectivity index is 1.66. The molecule has 12 heteroatoms. The third kappa shape index (κ3) is 4.19. The minimum Gasteiger partial charge on any atom is -0.466 e. The Kier molecular flexibility index (Phi) is 6.27. The van der Waals surface area contributed by atoms with Gasteiger partial charge >= 0.3 is 5.97 Å². The molecule has 0 aliphatic carbocycles. The lowest BCUT2D eigenvalue weighted by Crippen LogP contribution is -2.41. The van der Waals surface area contributed by atoms with E-state index >= 15 is 0 Å². The largest absolute Gasteiger partial charge is 0.466 e. The van der Waals surface area contributed by atoms with Crippen LogP contribution in [0, 0.1) is 33.3 Å². The van der Waals surface area contributed by atoms with E-state index in [-0.39, 0.29) is 34.9 Å². The first-order valence-electron chi connectivity index (χ1n) is 10.8. The van der Waals surface area contributed by atoms with Crippen LogP contribution in [0.3, 0.4) is 0 Å². The highest BCUT2D eigenvalue weighted by Gasteiger charge is 2.40. The third-order valence-corrected chi connectivity index (χ3v) is 6.13. The fraction of sp³-hybridized carbons (Fsp3) is 0.409. The van der Waals surface area contributed by atoms with Gasteiger partial charge in [0, 0.05) is 31.1 Å². The maximum absolute atomic E-state index is 13.1. The van der Waals surface area contributed by atoms with Crippen molar-refractivity contribution in [2.45, 2.75) is 25.7 Å². The molecule has 3 heterocycles. The molecule has 2 aliphatic heterocycles. The van der Waals surface area contributed by atoms with Gasteiger partial charge in [0.15, 0.2) is 0 Å². The first-order valence-corrected chi connectivity index (χ1v) is 10.8. The summed E-state index contributed by atoms with van der Waals surface area (Å²) in [6.07, 6.45) is 1.07. The minimum atomic E-state index is -1.21. The predicted molar refractivity (Wildman–Crippen MR) is 119 cm³/mol. The van der Waals surface area contributed by atoms with Gasteiger partial charge < -0.3 is 15.0 Å². The predicted octanol–water partition coefficient (Wildman–Crippen LogP) is 1.68. The van der Waals surface area contributed by atoms with E-state index in [0.29, 0.717) is 38.1 Å². The average molecular weight is 466 g/mol. The number of piperidine rings is 1. The minimum absolute atomic E-state index is 0.0473. The molecule has 2 aromatic rings. The summed E-state index contributed by atoms with van der Waals surface area (Å²) in [5.41, 5.74) is -0.129. The van der Waals surface area contributed by atoms with Crippen molar-refractivity contribution in [1.82, 2.24) is 9.97 Å². The Bertz CT molecular complexity index is 1230. The molecule has 0 spiro atoms. The van der Waals surface area contributed by atoms with Gasteiger partial charge in [-0.15, -0.1) is 0 Å². The van der Waals surface area contributed by atoms with Crippen molar-refractivity contribution in [3.05, 3.63) is 55.9 Å². The number of ether oxygens (including phenoxy) is 1.